The van der Waals surface area contributed by atoms with E-state index in [0.717, 1.165) is 19.0 Å². The first kappa shape index (κ1) is 14.4. The molecule has 0 bridgehead atoms. The third kappa shape index (κ3) is 3.53. The molecule has 6 heteroatoms. The number of rotatable bonds is 6. The van der Waals surface area contributed by atoms with Crippen LogP contribution in [0.25, 0.3) is 0 Å². The number of halogens is 1. The van der Waals surface area contributed by atoms with E-state index in [9.17, 15) is 14.0 Å². The van der Waals surface area contributed by atoms with E-state index >= 15 is 0 Å². The zero-order valence-corrected chi connectivity index (χ0v) is 11.3. The van der Waals surface area contributed by atoms with Gasteiger partial charge in [-0.3, -0.25) is 14.6 Å². The molecule has 1 saturated carbocycles. The number of hydrogen-bond donors (Lipinski definition) is 0. The van der Waals surface area contributed by atoms with Crippen molar-refractivity contribution in [2.45, 2.75) is 32.2 Å². The van der Waals surface area contributed by atoms with Crippen molar-refractivity contribution in [2.75, 3.05) is 13.2 Å². The summed E-state index contributed by atoms with van der Waals surface area (Å²) in [4.78, 5) is 28.9. The molecule has 0 spiro atoms. The topological polar surface area (TPSA) is 59.5 Å². The van der Waals surface area contributed by atoms with E-state index in [1.54, 1.807) is 11.8 Å². The van der Waals surface area contributed by atoms with Gasteiger partial charge in [0.2, 0.25) is 0 Å². The molecular weight excluding hydrogens is 263 g/mol. The summed E-state index contributed by atoms with van der Waals surface area (Å²) in [7, 11) is 0. The molecule has 5 nitrogen and oxygen atoms in total. The number of aromatic nitrogens is 1. The van der Waals surface area contributed by atoms with Crippen LogP contribution in [0, 0.1) is 5.82 Å². The molecule has 1 fully saturated rings. The smallest absolute Gasteiger partial charge is 0.307 e. The molecule has 1 amide bonds. The maximum atomic E-state index is 13.6. The third-order valence-corrected chi connectivity index (χ3v) is 3.11. The summed E-state index contributed by atoms with van der Waals surface area (Å²) in [6.45, 7) is 2.30. The molecule has 0 aromatic carbocycles. The van der Waals surface area contributed by atoms with Crippen LogP contribution >= 0.6 is 0 Å². The number of ether oxygens (including phenoxy) is 1. The molecule has 0 unspecified atom stereocenters. The number of nitrogens with zero attached hydrogens (tertiary/aromatic N) is 2. The lowest BCUT2D eigenvalue weighted by atomic mass is 10.2. The Kier molecular flexibility index (Phi) is 4.65. The van der Waals surface area contributed by atoms with Crippen molar-refractivity contribution in [3.05, 3.63) is 29.8 Å². The van der Waals surface area contributed by atoms with Gasteiger partial charge in [0.25, 0.3) is 5.91 Å². The predicted octanol–water partition coefficient (Wildman–Crippen LogP) is 1.78. The molecule has 2 rings (SSSR count). The van der Waals surface area contributed by atoms with Gasteiger partial charge in [0.1, 0.15) is 0 Å². The van der Waals surface area contributed by atoms with Crippen molar-refractivity contribution in [1.29, 1.82) is 0 Å². The van der Waals surface area contributed by atoms with Gasteiger partial charge >= 0.3 is 5.97 Å². The minimum absolute atomic E-state index is 0.00393. The van der Waals surface area contributed by atoms with E-state index in [2.05, 4.69) is 4.98 Å². The van der Waals surface area contributed by atoms with E-state index in [0.29, 0.717) is 6.61 Å². The summed E-state index contributed by atoms with van der Waals surface area (Å²) < 4.78 is 18.4. The van der Waals surface area contributed by atoms with Crippen LogP contribution in [0.1, 0.15) is 36.5 Å². The third-order valence-electron chi connectivity index (χ3n) is 3.11. The second-order valence-electron chi connectivity index (χ2n) is 4.64. The van der Waals surface area contributed by atoms with Crippen molar-refractivity contribution in [2.24, 2.45) is 0 Å². The van der Waals surface area contributed by atoms with E-state index in [1.165, 1.54) is 12.3 Å². The van der Waals surface area contributed by atoms with Gasteiger partial charge in [0.05, 0.1) is 24.8 Å². The van der Waals surface area contributed by atoms with Gasteiger partial charge in [-0.25, -0.2) is 4.39 Å². The summed E-state index contributed by atoms with van der Waals surface area (Å²) in [5.74, 6) is -1.38. The Morgan fingerprint density at radius 1 is 1.50 bits per heavy atom. The van der Waals surface area contributed by atoms with Gasteiger partial charge in [-0.2, -0.15) is 0 Å². The maximum Gasteiger partial charge on any atom is 0.307 e. The number of carbonyl (C=O) groups excluding carboxylic acids is 2. The first-order valence-corrected chi connectivity index (χ1v) is 6.69. The Morgan fingerprint density at radius 3 is 2.85 bits per heavy atom. The lowest BCUT2D eigenvalue weighted by Gasteiger charge is -2.22. The fraction of sp³-hybridized carbons (Fsp3) is 0.500. The molecule has 0 saturated heterocycles. The Morgan fingerprint density at radius 2 is 2.25 bits per heavy atom. The van der Waals surface area contributed by atoms with E-state index in [4.69, 9.17) is 4.74 Å². The average Bonchev–Trinajstić information content (AvgIpc) is 3.24. The summed E-state index contributed by atoms with van der Waals surface area (Å²) in [5, 5.41) is 0. The van der Waals surface area contributed by atoms with E-state index < -0.39 is 11.7 Å². The Hall–Kier alpha value is -1.98. The first-order valence-electron chi connectivity index (χ1n) is 6.69. The van der Waals surface area contributed by atoms with Gasteiger partial charge < -0.3 is 9.64 Å². The summed E-state index contributed by atoms with van der Waals surface area (Å²) >= 11 is 0. The fourth-order valence-corrected chi connectivity index (χ4v) is 1.98. The molecule has 0 atom stereocenters. The number of carbonyl (C=O) groups is 2. The van der Waals surface area contributed by atoms with Crippen molar-refractivity contribution in [1.82, 2.24) is 9.88 Å². The van der Waals surface area contributed by atoms with Gasteiger partial charge in [-0.05, 0) is 25.8 Å². The fourth-order valence-electron chi connectivity index (χ4n) is 1.98. The highest BCUT2D eigenvalue weighted by atomic mass is 19.1. The highest BCUT2D eigenvalue weighted by Gasteiger charge is 2.34. The summed E-state index contributed by atoms with van der Waals surface area (Å²) in [6, 6.07) is 1.46. The number of amides is 1. The quantitative estimate of drug-likeness (QED) is 0.745. The van der Waals surface area contributed by atoms with Crippen LogP contribution in [-0.4, -0.2) is 41.0 Å². The largest absolute Gasteiger partial charge is 0.466 e. The van der Waals surface area contributed by atoms with Crippen LogP contribution < -0.4 is 0 Å². The summed E-state index contributed by atoms with van der Waals surface area (Å²) in [6.07, 6.45) is 4.31. The average molecular weight is 280 g/mol. The number of pyridine rings is 1. The van der Waals surface area contributed by atoms with Crippen molar-refractivity contribution < 1.29 is 18.7 Å². The molecule has 0 aliphatic heterocycles. The van der Waals surface area contributed by atoms with E-state index in [1.807, 2.05) is 0 Å². The molecule has 1 aromatic heterocycles. The molecule has 1 aromatic rings. The van der Waals surface area contributed by atoms with Crippen LogP contribution in [0.4, 0.5) is 4.39 Å². The number of hydrogen-bond acceptors (Lipinski definition) is 4. The van der Waals surface area contributed by atoms with E-state index in [-0.39, 0.29) is 30.5 Å². The monoisotopic (exact) mass is 280 g/mol. The first-order chi connectivity index (χ1) is 9.63. The SMILES string of the molecule is CCOC(=O)CCN(C(=O)c1ccncc1F)C1CC1. The molecule has 20 heavy (non-hydrogen) atoms. The second-order valence-corrected chi connectivity index (χ2v) is 4.64. The maximum absolute atomic E-state index is 13.6. The summed E-state index contributed by atoms with van der Waals surface area (Å²) in [5.41, 5.74) is -0.00393. The minimum atomic E-state index is -0.640. The molecule has 0 radical (unpaired) electrons. The molecule has 1 aliphatic rings. The molecule has 1 heterocycles. The van der Waals surface area contributed by atoms with Gasteiger partial charge in [0.15, 0.2) is 5.82 Å². The Labute approximate surface area is 116 Å². The number of esters is 1. The predicted molar refractivity (Wildman–Crippen MR) is 69.5 cm³/mol. The van der Waals surface area contributed by atoms with Crippen LogP contribution in [0.5, 0.6) is 0 Å². The second kappa shape index (κ2) is 6.45. The van der Waals surface area contributed by atoms with Gasteiger partial charge in [-0.15, -0.1) is 0 Å². The van der Waals surface area contributed by atoms with Crippen molar-refractivity contribution >= 4 is 11.9 Å². The molecular formula is C14H17FN2O3. The van der Waals surface area contributed by atoms with Gasteiger partial charge in [0, 0.05) is 18.8 Å². The minimum Gasteiger partial charge on any atom is -0.466 e. The van der Waals surface area contributed by atoms with Crippen LogP contribution in [-0.2, 0) is 9.53 Å². The highest BCUT2D eigenvalue weighted by molar-refractivity contribution is 5.95. The standard InChI is InChI=1S/C14H17FN2O3/c1-2-20-13(18)6-8-17(10-3-4-10)14(19)11-5-7-16-9-12(11)15/h5,7,9-10H,2-4,6,8H2,1H3. The molecule has 108 valence electrons. The van der Waals surface area contributed by atoms with Gasteiger partial charge in [-0.1, -0.05) is 0 Å². The zero-order valence-electron chi connectivity index (χ0n) is 11.3. The Bertz CT molecular complexity index is 503. The van der Waals surface area contributed by atoms with Crippen molar-refractivity contribution in [3.63, 3.8) is 0 Å². The highest BCUT2D eigenvalue weighted by Crippen LogP contribution is 2.28. The van der Waals surface area contributed by atoms with Crippen LogP contribution in [0.15, 0.2) is 18.5 Å². The lowest BCUT2D eigenvalue weighted by molar-refractivity contribution is -0.143. The van der Waals surface area contributed by atoms with Crippen molar-refractivity contribution in [3.8, 4) is 0 Å². The van der Waals surface area contributed by atoms with Crippen LogP contribution in [0.3, 0.4) is 0 Å². The van der Waals surface area contributed by atoms with Crippen LogP contribution in [0.2, 0.25) is 0 Å². The zero-order chi connectivity index (χ0) is 14.5. The molecule has 1 aliphatic carbocycles. The normalized spacial score (nSPS) is 13.9. The lowest BCUT2D eigenvalue weighted by Crippen LogP contribution is -2.35. The molecule has 0 N–H and O–H groups in total. The Balaban J connectivity index is 2.03.